The lowest BCUT2D eigenvalue weighted by Gasteiger charge is -2.33. The molecule has 2 nitrogen and oxygen atoms in total. The van der Waals surface area contributed by atoms with Gasteiger partial charge in [0.25, 0.3) is 0 Å². The van der Waals surface area contributed by atoms with Crippen LogP contribution in [0.4, 0.5) is 0 Å². The van der Waals surface area contributed by atoms with E-state index in [2.05, 4.69) is 35.1 Å². The van der Waals surface area contributed by atoms with E-state index in [9.17, 15) is 0 Å². The van der Waals surface area contributed by atoms with Gasteiger partial charge in [0.05, 0.1) is 6.61 Å². The van der Waals surface area contributed by atoms with Gasteiger partial charge in [0, 0.05) is 11.0 Å². The topological polar surface area (TPSA) is 21.3 Å². The number of hydrogen-bond donors (Lipinski definition) is 1. The molecule has 0 heterocycles. The fourth-order valence-corrected chi connectivity index (χ4v) is 3.03. The highest BCUT2D eigenvalue weighted by Crippen LogP contribution is 2.32. The smallest absolute Gasteiger partial charge is 0.120 e. The van der Waals surface area contributed by atoms with Crippen molar-refractivity contribution in [3.8, 4) is 5.75 Å². The Morgan fingerprint density at radius 1 is 1.25 bits per heavy atom. The van der Waals surface area contributed by atoms with Crippen LogP contribution in [-0.2, 0) is 0 Å². The summed E-state index contributed by atoms with van der Waals surface area (Å²) < 4.78 is 6.98. The number of rotatable bonds is 10. The highest BCUT2D eigenvalue weighted by molar-refractivity contribution is 9.10. The van der Waals surface area contributed by atoms with Crippen molar-refractivity contribution in [2.24, 2.45) is 5.41 Å². The van der Waals surface area contributed by atoms with Crippen LogP contribution in [0.3, 0.4) is 0 Å². The van der Waals surface area contributed by atoms with E-state index in [-0.39, 0.29) is 0 Å². The van der Waals surface area contributed by atoms with Gasteiger partial charge in [-0.2, -0.15) is 0 Å². The lowest BCUT2D eigenvalue weighted by molar-refractivity contribution is 0.168. The molecule has 1 N–H and O–H groups in total. The van der Waals surface area contributed by atoms with Gasteiger partial charge in [-0.15, -0.1) is 0 Å². The van der Waals surface area contributed by atoms with Gasteiger partial charge in [0.15, 0.2) is 0 Å². The summed E-state index contributed by atoms with van der Waals surface area (Å²) >= 11 is 3.48. The van der Waals surface area contributed by atoms with Crippen LogP contribution in [0, 0.1) is 5.41 Å². The molecule has 0 radical (unpaired) electrons. The lowest BCUT2D eigenvalue weighted by atomic mass is 9.77. The summed E-state index contributed by atoms with van der Waals surface area (Å²) in [5.41, 5.74) is 0.372. The molecular formula is C17H28BrNO. The number of halogens is 1. The molecule has 0 fully saturated rings. The van der Waals surface area contributed by atoms with Crippen molar-refractivity contribution in [1.29, 1.82) is 0 Å². The summed E-state index contributed by atoms with van der Waals surface area (Å²) in [6.45, 7) is 6.42. The van der Waals surface area contributed by atoms with Crippen LogP contribution in [0.15, 0.2) is 28.7 Å². The largest absolute Gasteiger partial charge is 0.494 e. The van der Waals surface area contributed by atoms with Crippen LogP contribution in [0.2, 0.25) is 0 Å². The molecule has 20 heavy (non-hydrogen) atoms. The van der Waals surface area contributed by atoms with Crippen molar-refractivity contribution in [2.75, 3.05) is 20.2 Å². The first-order valence-corrected chi connectivity index (χ1v) is 8.48. The predicted octanol–water partition coefficient (Wildman–Crippen LogP) is 5.02. The number of hydrogen-bond acceptors (Lipinski definition) is 2. The van der Waals surface area contributed by atoms with Gasteiger partial charge < -0.3 is 10.1 Å². The number of benzene rings is 1. The van der Waals surface area contributed by atoms with E-state index < -0.39 is 0 Å². The monoisotopic (exact) mass is 341 g/mol. The summed E-state index contributed by atoms with van der Waals surface area (Å²) in [4.78, 5) is 0. The third-order valence-electron chi connectivity index (χ3n) is 4.06. The van der Waals surface area contributed by atoms with Crippen LogP contribution >= 0.6 is 15.9 Å². The Labute approximate surface area is 132 Å². The molecule has 0 saturated heterocycles. The van der Waals surface area contributed by atoms with Crippen LogP contribution < -0.4 is 10.1 Å². The van der Waals surface area contributed by atoms with Crippen LogP contribution in [0.25, 0.3) is 0 Å². The van der Waals surface area contributed by atoms with Gasteiger partial charge in [0.1, 0.15) is 5.75 Å². The van der Waals surface area contributed by atoms with Crippen molar-refractivity contribution >= 4 is 15.9 Å². The zero-order valence-corrected chi connectivity index (χ0v) is 14.6. The molecule has 1 atom stereocenters. The summed E-state index contributed by atoms with van der Waals surface area (Å²) in [5, 5.41) is 3.36. The summed E-state index contributed by atoms with van der Waals surface area (Å²) in [5.74, 6) is 0.948. The van der Waals surface area contributed by atoms with Gasteiger partial charge >= 0.3 is 0 Å². The number of ether oxygens (including phenoxy) is 1. The Morgan fingerprint density at radius 2 is 2.05 bits per heavy atom. The van der Waals surface area contributed by atoms with Crippen molar-refractivity contribution < 1.29 is 4.74 Å². The fourth-order valence-electron chi connectivity index (χ4n) is 2.65. The molecule has 1 aromatic carbocycles. The predicted molar refractivity (Wildman–Crippen MR) is 90.4 cm³/mol. The van der Waals surface area contributed by atoms with Gasteiger partial charge in [-0.1, -0.05) is 48.7 Å². The molecule has 0 saturated carbocycles. The molecule has 0 aliphatic heterocycles. The zero-order chi connectivity index (χ0) is 14.8. The van der Waals surface area contributed by atoms with E-state index in [1.165, 1.54) is 25.7 Å². The SMILES string of the molecule is CCCCC(CC)(CCOc1cccc(Br)c1)CNC. The lowest BCUT2D eigenvalue weighted by Crippen LogP contribution is -2.33. The molecule has 114 valence electrons. The minimum absolute atomic E-state index is 0.372. The second kappa shape index (κ2) is 9.41. The third-order valence-corrected chi connectivity index (χ3v) is 4.55. The van der Waals surface area contributed by atoms with Gasteiger partial charge in [-0.25, -0.2) is 0 Å². The summed E-state index contributed by atoms with van der Waals surface area (Å²) in [7, 11) is 2.05. The van der Waals surface area contributed by atoms with Crippen molar-refractivity contribution in [2.45, 2.75) is 46.0 Å². The molecule has 0 bridgehead atoms. The molecule has 1 aromatic rings. The average Bonchev–Trinajstić information content (AvgIpc) is 2.45. The Bertz CT molecular complexity index is 383. The molecule has 0 aliphatic rings. The minimum atomic E-state index is 0.372. The molecule has 3 heteroatoms. The third kappa shape index (κ3) is 5.84. The average molecular weight is 342 g/mol. The van der Waals surface area contributed by atoms with Gasteiger partial charge in [0.2, 0.25) is 0 Å². The maximum absolute atomic E-state index is 5.91. The molecule has 0 aliphatic carbocycles. The number of nitrogens with one attached hydrogen (secondary N) is 1. The second-order valence-electron chi connectivity index (χ2n) is 5.54. The van der Waals surface area contributed by atoms with E-state index in [4.69, 9.17) is 4.74 Å². The molecule has 0 spiro atoms. The first-order valence-electron chi connectivity index (χ1n) is 7.69. The Hall–Kier alpha value is -0.540. The summed E-state index contributed by atoms with van der Waals surface area (Å²) in [6, 6.07) is 8.07. The minimum Gasteiger partial charge on any atom is -0.494 e. The molecule has 0 aromatic heterocycles. The molecule has 1 unspecified atom stereocenters. The molecule has 0 amide bonds. The molecular weight excluding hydrogens is 314 g/mol. The van der Waals surface area contributed by atoms with E-state index in [1.807, 2.05) is 31.3 Å². The fraction of sp³-hybridized carbons (Fsp3) is 0.647. The zero-order valence-electron chi connectivity index (χ0n) is 13.0. The molecule has 1 rings (SSSR count). The van der Waals surface area contributed by atoms with Crippen LogP contribution in [0.1, 0.15) is 46.0 Å². The first kappa shape index (κ1) is 17.5. The van der Waals surface area contributed by atoms with Crippen molar-refractivity contribution in [3.05, 3.63) is 28.7 Å². The number of unbranched alkanes of at least 4 members (excludes halogenated alkanes) is 1. The van der Waals surface area contributed by atoms with Gasteiger partial charge in [-0.3, -0.25) is 0 Å². The Kier molecular flexibility index (Phi) is 8.24. The van der Waals surface area contributed by atoms with Crippen LogP contribution in [-0.4, -0.2) is 20.2 Å². The van der Waals surface area contributed by atoms with Crippen molar-refractivity contribution in [3.63, 3.8) is 0 Å². The van der Waals surface area contributed by atoms with E-state index >= 15 is 0 Å². The maximum atomic E-state index is 5.91. The van der Waals surface area contributed by atoms with Gasteiger partial charge in [-0.05, 0) is 49.9 Å². The maximum Gasteiger partial charge on any atom is 0.120 e. The Balaban J connectivity index is 2.52. The highest BCUT2D eigenvalue weighted by Gasteiger charge is 2.26. The normalized spacial score (nSPS) is 14.0. The quantitative estimate of drug-likeness (QED) is 0.644. The summed E-state index contributed by atoms with van der Waals surface area (Å²) in [6.07, 6.45) is 6.15. The van der Waals surface area contributed by atoms with Crippen molar-refractivity contribution in [1.82, 2.24) is 5.32 Å². The standard InChI is InChI=1S/C17H28BrNO/c1-4-6-10-17(5-2,14-19-3)11-12-20-16-9-7-8-15(18)13-16/h7-9,13,19H,4-6,10-12,14H2,1-3H3. The Morgan fingerprint density at radius 3 is 2.65 bits per heavy atom. The second-order valence-corrected chi connectivity index (χ2v) is 6.46. The van der Waals surface area contributed by atoms with E-state index in [1.54, 1.807) is 0 Å². The first-order chi connectivity index (χ1) is 9.65. The van der Waals surface area contributed by atoms with Crippen LogP contribution in [0.5, 0.6) is 5.75 Å². The van der Waals surface area contributed by atoms with E-state index in [0.29, 0.717) is 5.41 Å². The highest BCUT2D eigenvalue weighted by atomic mass is 79.9. The van der Waals surface area contributed by atoms with E-state index in [0.717, 1.165) is 29.8 Å².